The van der Waals surface area contributed by atoms with Crippen LogP contribution >= 0.6 is 15.9 Å². The summed E-state index contributed by atoms with van der Waals surface area (Å²) in [5, 5.41) is 5.80. The number of anilines is 2. The maximum absolute atomic E-state index is 10.5. The van der Waals surface area contributed by atoms with Gasteiger partial charge in [0.2, 0.25) is 11.9 Å². The van der Waals surface area contributed by atoms with Gasteiger partial charge in [0.15, 0.2) is 0 Å². The molecule has 0 atom stereocenters. The van der Waals surface area contributed by atoms with Gasteiger partial charge in [-0.2, -0.15) is 4.98 Å². The molecule has 0 saturated carbocycles. The first-order valence-electron chi connectivity index (χ1n) is 4.36. The molecule has 6 nitrogen and oxygen atoms in total. The second-order valence-electron chi connectivity index (χ2n) is 2.78. The molecule has 15 heavy (non-hydrogen) atoms. The molecule has 0 aliphatic rings. The third-order valence-corrected chi connectivity index (χ3v) is 2.21. The summed E-state index contributed by atoms with van der Waals surface area (Å²) in [5.41, 5.74) is 5.01. The summed E-state index contributed by atoms with van der Waals surface area (Å²) in [6.07, 6.45) is 1.90. The van der Waals surface area contributed by atoms with Gasteiger partial charge in [0.05, 0.1) is 4.47 Å². The minimum atomic E-state index is -0.346. The van der Waals surface area contributed by atoms with Gasteiger partial charge in [0.25, 0.3) is 0 Å². The van der Waals surface area contributed by atoms with Crippen molar-refractivity contribution < 1.29 is 4.79 Å². The normalized spacial score (nSPS) is 9.73. The van der Waals surface area contributed by atoms with E-state index >= 15 is 0 Å². The van der Waals surface area contributed by atoms with Crippen molar-refractivity contribution >= 4 is 33.6 Å². The molecule has 82 valence electrons. The quantitative estimate of drug-likeness (QED) is 0.729. The van der Waals surface area contributed by atoms with Gasteiger partial charge in [-0.3, -0.25) is 4.79 Å². The van der Waals surface area contributed by atoms with Gasteiger partial charge in [0, 0.05) is 26.2 Å². The summed E-state index contributed by atoms with van der Waals surface area (Å²) >= 11 is 3.30. The molecule has 0 saturated heterocycles. The van der Waals surface area contributed by atoms with Crippen LogP contribution in [0, 0.1) is 0 Å². The zero-order valence-corrected chi connectivity index (χ0v) is 9.84. The van der Waals surface area contributed by atoms with Crippen LogP contribution in [0.25, 0.3) is 0 Å². The van der Waals surface area contributed by atoms with Gasteiger partial charge in [-0.25, -0.2) is 4.98 Å². The highest BCUT2D eigenvalue weighted by Gasteiger charge is 2.03. The van der Waals surface area contributed by atoms with Crippen molar-refractivity contribution in [1.82, 2.24) is 9.97 Å². The Kier molecular flexibility index (Phi) is 4.29. The van der Waals surface area contributed by atoms with Gasteiger partial charge >= 0.3 is 0 Å². The fourth-order valence-electron chi connectivity index (χ4n) is 0.916. The number of halogens is 1. The minimum absolute atomic E-state index is 0.269. The van der Waals surface area contributed by atoms with Gasteiger partial charge < -0.3 is 16.4 Å². The van der Waals surface area contributed by atoms with E-state index in [9.17, 15) is 4.79 Å². The number of aromatic nitrogens is 2. The molecule has 1 heterocycles. The molecule has 0 fully saturated rings. The number of rotatable bonds is 5. The zero-order valence-electron chi connectivity index (χ0n) is 8.25. The van der Waals surface area contributed by atoms with E-state index in [-0.39, 0.29) is 12.3 Å². The summed E-state index contributed by atoms with van der Waals surface area (Å²) in [6, 6.07) is 0. The lowest BCUT2D eigenvalue weighted by Gasteiger charge is -2.07. The van der Waals surface area contributed by atoms with Gasteiger partial charge in [-0.15, -0.1) is 0 Å². The number of hydrogen-bond donors (Lipinski definition) is 3. The molecule has 1 amide bonds. The van der Waals surface area contributed by atoms with E-state index in [0.29, 0.717) is 18.3 Å². The first kappa shape index (κ1) is 11.7. The number of carbonyl (C=O) groups is 1. The summed E-state index contributed by atoms with van der Waals surface area (Å²) in [4.78, 5) is 18.7. The average molecular weight is 274 g/mol. The third-order valence-electron chi connectivity index (χ3n) is 1.63. The van der Waals surface area contributed by atoms with E-state index < -0.39 is 0 Å². The van der Waals surface area contributed by atoms with Crippen LogP contribution in [0.5, 0.6) is 0 Å². The molecule has 0 aliphatic heterocycles. The Labute approximate surface area is 95.8 Å². The number of amides is 1. The van der Waals surface area contributed by atoms with Crippen molar-refractivity contribution in [1.29, 1.82) is 0 Å². The maximum atomic E-state index is 10.5. The van der Waals surface area contributed by atoms with Crippen LogP contribution in [-0.4, -0.2) is 29.5 Å². The first-order valence-corrected chi connectivity index (χ1v) is 5.15. The van der Waals surface area contributed by atoms with Gasteiger partial charge in [-0.05, 0) is 15.9 Å². The van der Waals surface area contributed by atoms with E-state index in [0.717, 1.165) is 4.47 Å². The Hall–Kier alpha value is -1.37. The molecular formula is C8H12BrN5O. The van der Waals surface area contributed by atoms with Crippen LogP contribution in [0.1, 0.15) is 6.42 Å². The fourth-order valence-corrected chi connectivity index (χ4v) is 1.25. The van der Waals surface area contributed by atoms with E-state index in [1.807, 2.05) is 0 Å². The number of hydrogen-bond acceptors (Lipinski definition) is 5. The first-order chi connectivity index (χ1) is 7.13. The Bertz CT molecular complexity index is 357. The summed E-state index contributed by atoms with van der Waals surface area (Å²) in [5.74, 6) is 0.803. The second kappa shape index (κ2) is 5.50. The van der Waals surface area contributed by atoms with Crippen LogP contribution in [-0.2, 0) is 4.79 Å². The lowest BCUT2D eigenvalue weighted by atomic mass is 10.4. The molecule has 0 bridgehead atoms. The van der Waals surface area contributed by atoms with E-state index in [1.54, 1.807) is 13.2 Å². The molecule has 0 aromatic carbocycles. The maximum Gasteiger partial charge on any atom is 0.224 e. The van der Waals surface area contributed by atoms with Gasteiger partial charge in [0.1, 0.15) is 5.82 Å². The molecule has 1 rings (SSSR count). The SMILES string of the molecule is CNc1ncc(Br)c(NCCC(N)=O)n1. The highest BCUT2D eigenvalue weighted by Crippen LogP contribution is 2.19. The van der Waals surface area contributed by atoms with Crippen LogP contribution in [0.3, 0.4) is 0 Å². The molecule has 0 radical (unpaired) electrons. The number of nitrogens with zero attached hydrogens (tertiary/aromatic N) is 2. The van der Waals surface area contributed by atoms with Crippen molar-refractivity contribution in [2.45, 2.75) is 6.42 Å². The lowest BCUT2D eigenvalue weighted by molar-refractivity contribution is -0.117. The topological polar surface area (TPSA) is 92.9 Å². The highest BCUT2D eigenvalue weighted by molar-refractivity contribution is 9.10. The number of nitrogens with one attached hydrogen (secondary N) is 2. The molecular weight excluding hydrogens is 262 g/mol. The number of nitrogens with two attached hydrogens (primary N) is 1. The van der Waals surface area contributed by atoms with Crippen LogP contribution in [0.15, 0.2) is 10.7 Å². The van der Waals surface area contributed by atoms with Crippen molar-refractivity contribution in [3.05, 3.63) is 10.7 Å². The summed E-state index contributed by atoms with van der Waals surface area (Å²) in [6.45, 7) is 0.452. The van der Waals surface area contributed by atoms with E-state index in [4.69, 9.17) is 5.73 Å². The molecule has 1 aromatic heterocycles. The summed E-state index contributed by atoms with van der Waals surface area (Å²) in [7, 11) is 1.73. The van der Waals surface area contributed by atoms with Crippen molar-refractivity contribution in [3.8, 4) is 0 Å². The fraction of sp³-hybridized carbons (Fsp3) is 0.375. The van der Waals surface area contributed by atoms with Gasteiger partial charge in [-0.1, -0.05) is 0 Å². The monoisotopic (exact) mass is 273 g/mol. The van der Waals surface area contributed by atoms with Crippen molar-refractivity contribution in [3.63, 3.8) is 0 Å². The van der Waals surface area contributed by atoms with Crippen LogP contribution in [0.4, 0.5) is 11.8 Å². The standard InChI is InChI=1S/C8H12BrN5O/c1-11-8-13-4-5(9)7(14-8)12-3-2-6(10)15/h4H,2-3H2,1H3,(H2,10,15)(H2,11,12,13,14). The van der Waals surface area contributed by atoms with Crippen molar-refractivity contribution in [2.24, 2.45) is 5.73 Å². The van der Waals surface area contributed by atoms with E-state index in [2.05, 4.69) is 36.5 Å². The predicted octanol–water partition coefficient (Wildman–Crippen LogP) is 0.568. The van der Waals surface area contributed by atoms with Crippen molar-refractivity contribution in [2.75, 3.05) is 24.2 Å². The predicted molar refractivity (Wildman–Crippen MR) is 61.6 cm³/mol. The zero-order chi connectivity index (χ0) is 11.3. The smallest absolute Gasteiger partial charge is 0.224 e. The highest BCUT2D eigenvalue weighted by atomic mass is 79.9. The molecule has 4 N–H and O–H groups in total. The minimum Gasteiger partial charge on any atom is -0.370 e. The molecule has 7 heteroatoms. The average Bonchev–Trinajstić information content (AvgIpc) is 2.20. The van der Waals surface area contributed by atoms with E-state index in [1.165, 1.54) is 0 Å². The molecule has 0 unspecified atom stereocenters. The second-order valence-corrected chi connectivity index (χ2v) is 3.64. The van der Waals surface area contributed by atoms with Crippen LogP contribution < -0.4 is 16.4 Å². The Balaban J connectivity index is 2.62. The lowest BCUT2D eigenvalue weighted by Crippen LogP contribution is -2.16. The summed E-state index contributed by atoms with van der Waals surface area (Å²) < 4.78 is 0.742. The van der Waals surface area contributed by atoms with Crippen LogP contribution in [0.2, 0.25) is 0 Å². The molecule has 0 spiro atoms. The Morgan fingerprint density at radius 1 is 1.67 bits per heavy atom. The number of carbonyl (C=O) groups excluding carboxylic acids is 1. The largest absolute Gasteiger partial charge is 0.370 e. The Morgan fingerprint density at radius 3 is 3.00 bits per heavy atom. The molecule has 1 aromatic rings. The Morgan fingerprint density at radius 2 is 2.40 bits per heavy atom. The number of primary amides is 1. The molecule has 0 aliphatic carbocycles. The third kappa shape index (κ3) is 3.70.